The molecular weight excluding hydrogens is 412 g/mol. The summed E-state index contributed by atoms with van der Waals surface area (Å²) < 4.78 is 0. The lowest BCUT2D eigenvalue weighted by atomic mass is 9.94. The van der Waals surface area contributed by atoms with Crippen LogP contribution in [0.4, 0.5) is 5.69 Å². The van der Waals surface area contributed by atoms with E-state index in [-0.39, 0.29) is 5.91 Å². The zero-order chi connectivity index (χ0) is 23.1. The minimum Gasteiger partial charge on any atom is -0.388 e. The van der Waals surface area contributed by atoms with Crippen molar-refractivity contribution in [2.45, 2.75) is 13.0 Å². The van der Waals surface area contributed by atoms with Crippen molar-refractivity contribution in [3.05, 3.63) is 65.5 Å². The normalized spacial score (nSPS) is 13.7. The van der Waals surface area contributed by atoms with Gasteiger partial charge in [0.1, 0.15) is 5.52 Å². The van der Waals surface area contributed by atoms with Gasteiger partial charge in [-0.2, -0.15) is 0 Å². The summed E-state index contributed by atoms with van der Waals surface area (Å²) in [7, 11) is 7.64. The van der Waals surface area contributed by atoms with E-state index in [0.717, 1.165) is 58.7 Å². The van der Waals surface area contributed by atoms with Gasteiger partial charge >= 0.3 is 0 Å². The van der Waals surface area contributed by atoms with E-state index in [9.17, 15) is 4.79 Å². The van der Waals surface area contributed by atoms with Gasteiger partial charge in [-0.25, -0.2) is 9.97 Å². The third-order valence-corrected chi connectivity index (χ3v) is 6.33. The molecule has 0 fully saturated rings. The van der Waals surface area contributed by atoms with Gasteiger partial charge in [0.2, 0.25) is 0 Å². The second-order valence-corrected chi connectivity index (χ2v) is 8.83. The monoisotopic (exact) mass is 440 g/mol. The van der Waals surface area contributed by atoms with E-state index in [1.54, 1.807) is 19.0 Å². The van der Waals surface area contributed by atoms with E-state index in [4.69, 9.17) is 4.98 Å². The average Bonchev–Trinajstić information content (AvgIpc) is 3.26. The molecule has 3 heterocycles. The van der Waals surface area contributed by atoms with Gasteiger partial charge in [0.05, 0.1) is 11.9 Å². The molecule has 0 spiro atoms. The summed E-state index contributed by atoms with van der Waals surface area (Å²) in [5.74, 6) is -0.0125. The van der Waals surface area contributed by atoms with Gasteiger partial charge < -0.3 is 20.1 Å². The first-order valence-electron chi connectivity index (χ1n) is 11.1. The lowest BCUT2D eigenvalue weighted by Gasteiger charge is -2.27. The molecule has 168 valence electrons. The van der Waals surface area contributed by atoms with E-state index in [0.29, 0.717) is 5.56 Å². The number of hydrogen-bond acceptors (Lipinski definition) is 5. The maximum absolute atomic E-state index is 12.2. The van der Waals surface area contributed by atoms with Crippen LogP contribution >= 0.6 is 0 Å². The fourth-order valence-electron chi connectivity index (χ4n) is 4.47. The molecule has 5 rings (SSSR count). The minimum absolute atomic E-state index is 0.0125. The number of anilines is 1. The highest BCUT2D eigenvalue weighted by Gasteiger charge is 2.19. The minimum atomic E-state index is -0.0125. The van der Waals surface area contributed by atoms with Crippen molar-refractivity contribution < 1.29 is 4.79 Å². The second kappa shape index (κ2) is 8.33. The topological polar surface area (TPSA) is 77.1 Å². The maximum atomic E-state index is 12.2. The largest absolute Gasteiger partial charge is 0.388 e. The zero-order valence-corrected chi connectivity index (χ0v) is 19.4. The number of benzene rings is 2. The van der Waals surface area contributed by atoms with Crippen molar-refractivity contribution in [1.82, 2.24) is 24.8 Å². The standard InChI is InChI=1S/C26H28N6O/c1-27-22-12-19(11-18-9-10-32(4)15-21(18)22)23-14-29-25-24(30-23)20(13-28-25)16-5-7-17(8-6-16)26(33)31(2)3/h5-8,11-14,27H,9-10,15H2,1-4H3,(H,28,29). The molecule has 7 heteroatoms. The molecule has 0 radical (unpaired) electrons. The highest BCUT2D eigenvalue weighted by molar-refractivity contribution is 5.96. The Bertz CT molecular complexity index is 1320. The smallest absolute Gasteiger partial charge is 0.253 e. The van der Waals surface area contributed by atoms with Crippen LogP contribution in [0.1, 0.15) is 21.5 Å². The summed E-state index contributed by atoms with van der Waals surface area (Å²) in [6.07, 6.45) is 4.79. The molecule has 0 atom stereocenters. The summed E-state index contributed by atoms with van der Waals surface area (Å²) in [6, 6.07) is 12.1. The van der Waals surface area contributed by atoms with Crippen LogP contribution in [0, 0.1) is 0 Å². The highest BCUT2D eigenvalue weighted by Crippen LogP contribution is 2.33. The molecule has 0 saturated carbocycles. The molecule has 2 aromatic carbocycles. The lowest BCUT2D eigenvalue weighted by molar-refractivity contribution is 0.0827. The van der Waals surface area contributed by atoms with Gasteiger partial charge in [0.25, 0.3) is 5.91 Å². The first-order valence-corrected chi connectivity index (χ1v) is 11.1. The Morgan fingerprint density at radius 1 is 1.15 bits per heavy atom. The van der Waals surface area contributed by atoms with Gasteiger partial charge in [0.15, 0.2) is 5.65 Å². The number of likely N-dealkylation sites (N-methyl/N-ethyl adjacent to an activating group) is 1. The molecule has 1 amide bonds. The van der Waals surface area contributed by atoms with Gasteiger partial charge in [-0.3, -0.25) is 4.79 Å². The SMILES string of the molecule is CNc1cc(-c2cnc3[nH]cc(-c4ccc(C(=O)N(C)C)cc4)c3n2)cc2c1CN(C)CC2. The van der Waals surface area contributed by atoms with E-state index in [2.05, 4.69) is 39.4 Å². The van der Waals surface area contributed by atoms with Crippen molar-refractivity contribution >= 4 is 22.8 Å². The Labute approximate surface area is 193 Å². The number of fused-ring (bicyclic) bond motifs is 2. The molecule has 1 aliphatic rings. The summed E-state index contributed by atoms with van der Waals surface area (Å²) in [4.78, 5) is 29.0. The Balaban J connectivity index is 1.55. The number of nitrogens with zero attached hydrogens (tertiary/aromatic N) is 4. The molecule has 0 aliphatic carbocycles. The Kier molecular flexibility index (Phi) is 5.34. The van der Waals surface area contributed by atoms with Crippen LogP contribution in [0.15, 0.2) is 48.8 Å². The fraction of sp³-hybridized carbons (Fsp3) is 0.269. The van der Waals surface area contributed by atoms with Crippen LogP contribution in [0.2, 0.25) is 0 Å². The third-order valence-electron chi connectivity index (χ3n) is 6.33. The average molecular weight is 441 g/mol. The molecule has 2 aromatic heterocycles. The highest BCUT2D eigenvalue weighted by atomic mass is 16.2. The number of aromatic amines is 1. The molecule has 0 saturated heterocycles. The number of hydrogen-bond donors (Lipinski definition) is 2. The van der Waals surface area contributed by atoms with Crippen LogP contribution < -0.4 is 5.32 Å². The van der Waals surface area contributed by atoms with Crippen LogP contribution in [-0.2, 0) is 13.0 Å². The molecule has 0 unspecified atom stereocenters. The third kappa shape index (κ3) is 3.85. The van der Waals surface area contributed by atoms with Crippen molar-refractivity contribution in [2.24, 2.45) is 0 Å². The fourth-order valence-corrected chi connectivity index (χ4v) is 4.47. The van der Waals surface area contributed by atoms with Gasteiger partial charge in [-0.1, -0.05) is 12.1 Å². The molecular formula is C26H28N6O. The number of rotatable bonds is 4. The van der Waals surface area contributed by atoms with Crippen molar-refractivity contribution in [3.63, 3.8) is 0 Å². The first kappa shape index (κ1) is 21.2. The number of nitrogens with one attached hydrogen (secondary N) is 2. The summed E-state index contributed by atoms with van der Waals surface area (Å²) in [5.41, 5.74) is 9.98. The van der Waals surface area contributed by atoms with E-state index < -0.39 is 0 Å². The Hall–Kier alpha value is -3.71. The van der Waals surface area contributed by atoms with Crippen molar-refractivity contribution in [3.8, 4) is 22.4 Å². The zero-order valence-electron chi connectivity index (χ0n) is 19.4. The first-order chi connectivity index (χ1) is 15.9. The van der Waals surface area contributed by atoms with Crippen molar-refractivity contribution in [2.75, 3.05) is 40.1 Å². The van der Waals surface area contributed by atoms with Gasteiger partial charge in [0, 0.05) is 62.8 Å². The predicted octanol–water partition coefficient (Wildman–Crippen LogP) is 4.02. The van der Waals surface area contributed by atoms with Crippen LogP contribution in [0.25, 0.3) is 33.5 Å². The molecule has 1 aliphatic heterocycles. The number of H-pyrrole nitrogens is 1. The second-order valence-electron chi connectivity index (χ2n) is 8.83. The Morgan fingerprint density at radius 3 is 2.67 bits per heavy atom. The Morgan fingerprint density at radius 2 is 1.94 bits per heavy atom. The molecule has 4 aromatic rings. The number of amides is 1. The predicted molar refractivity (Wildman–Crippen MR) is 132 cm³/mol. The van der Waals surface area contributed by atoms with Crippen LogP contribution in [0.5, 0.6) is 0 Å². The van der Waals surface area contributed by atoms with Crippen LogP contribution in [-0.4, -0.2) is 65.4 Å². The molecule has 0 bridgehead atoms. The lowest BCUT2D eigenvalue weighted by Crippen LogP contribution is -2.27. The molecule has 2 N–H and O–H groups in total. The van der Waals surface area contributed by atoms with Crippen molar-refractivity contribution in [1.29, 1.82) is 0 Å². The number of aromatic nitrogens is 3. The van der Waals surface area contributed by atoms with E-state index >= 15 is 0 Å². The molecule has 33 heavy (non-hydrogen) atoms. The van der Waals surface area contributed by atoms with Gasteiger partial charge in [-0.05, 0) is 54.4 Å². The summed E-state index contributed by atoms with van der Waals surface area (Å²) in [5, 5.41) is 3.37. The van der Waals surface area contributed by atoms with Crippen LogP contribution in [0.3, 0.4) is 0 Å². The quantitative estimate of drug-likeness (QED) is 0.501. The van der Waals surface area contributed by atoms with E-state index in [1.807, 2.05) is 43.7 Å². The number of carbonyl (C=O) groups is 1. The summed E-state index contributed by atoms with van der Waals surface area (Å²) in [6.45, 7) is 2.00. The number of carbonyl (C=O) groups excluding carboxylic acids is 1. The molecule has 7 nitrogen and oxygen atoms in total. The summed E-state index contributed by atoms with van der Waals surface area (Å²) >= 11 is 0. The maximum Gasteiger partial charge on any atom is 0.253 e. The van der Waals surface area contributed by atoms with Gasteiger partial charge in [-0.15, -0.1) is 0 Å². The van der Waals surface area contributed by atoms with E-state index in [1.165, 1.54) is 11.1 Å².